The number of hydrogen-bond donors (Lipinski definition) is 1. The van der Waals surface area contributed by atoms with E-state index in [1.54, 1.807) is 4.68 Å². The summed E-state index contributed by atoms with van der Waals surface area (Å²) in [6, 6.07) is 8.63. The van der Waals surface area contributed by atoms with Crippen LogP contribution in [0.3, 0.4) is 0 Å². The molecule has 0 bridgehead atoms. The highest BCUT2D eigenvalue weighted by atomic mass is 16.2. The van der Waals surface area contributed by atoms with Crippen molar-refractivity contribution in [1.82, 2.24) is 14.7 Å². The Labute approximate surface area is 151 Å². The number of likely N-dealkylation sites (N-methyl/N-ethyl adjacent to an activating group) is 1. The Bertz CT molecular complexity index is 738. The van der Waals surface area contributed by atoms with Gasteiger partial charge in [0.25, 0.3) is 0 Å². The first-order valence-corrected chi connectivity index (χ1v) is 8.66. The maximum atomic E-state index is 12.3. The zero-order valence-corrected chi connectivity index (χ0v) is 16.5. The van der Waals surface area contributed by atoms with Crippen LogP contribution in [-0.2, 0) is 23.8 Å². The monoisotopic (exact) mass is 342 g/mol. The van der Waals surface area contributed by atoms with Crippen molar-refractivity contribution in [3.63, 3.8) is 0 Å². The molecule has 1 heterocycles. The summed E-state index contributed by atoms with van der Waals surface area (Å²) in [6.45, 7) is 11.6. The first kappa shape index (κ1) is 19.2. The van der Waals surface area contributed by atoms with Gasteiger partial charge in [-0.15, -0.1) is 0 Å². The highest BCUT2D eigenvalue weighted by Crippen LogP contribution is 2.22. The van der Waals surface area contributed by atoms with Crippen molar-refractivity contribution < 1.29 is 4.79 Å². The van der Waals surface area contributed by atoms with E-state index in [9.17, 15) is 4.79 Å². The molecule has 0 spiro atoms. The summed E-state index contributed by atoms with van der Waals surface area (Å²) in [7, 11) is 3.84. The molecule has 25 heavy (non-hydrogen) atoms. The van der Waals surface area contributed by atoms with Gasteiger partial charge in [-0.1, -0.05) is 45.0 Å². The maximum Gasteiger partial charge on any atom is 0.238 e. The van der Waals surface area contributed by atoms with Gasteiger partial charge in [-0.2, -0.15) is 5.10 Å². The molecule has 5 heteroatoms. The average Bonchev–Trinajstić information content (AvgIpc) is 2.73. The van der Waals surface area contributed by atoms with Crippen molar-refractivity contribution in [2.75, 3.05) is 18.9 Å². The number of nitrogens with zero attached hydrogens (tertiary/aromatic N) is 3. The molecule has 0 radical (unpaired) electrons. The van der Waals surface area contributed by atoms with E-state index in [1.807, 2.05) is 32.8 Å². The van der Waals surface area contributed by atoms with Gasteiger partial charge in [-0.25, -0.2) is 0 Å². The smallest absolute Gasteiger partial charge is 0.238 e. The summed E-state index contributed by atoms with van der Waals surface area (Å²) in [5, 5.41) is 7.31. The van der Waals surface area contributed by atoms with Crippen LogP contribution in [0.1, 0.15) is 43.3 Å². The van der Waals surface area contributed by atoms with Gasteiger partial charge in [0.1, 0.15) is 0 Å². The van der Waals surface area contributed by atoms with E-state index in [1.165, 1.54) is 11.1 Å². The van der Waals surface area contributed by atoms with Crippen LogP contribution in [0, 0.1) is 13.8 Å². The number of benzene rings is 1. The fourth-order valence-electron chi connectivity index (χ4n) is 2.86. The third-order valence-corrected chi connectivity index (χ3v) is 4.46. The number of carbonyl (C=O) groups excluding carboxylic acids is 1. The third kappa shape index (κ3) is 4.92. The van der Waals surface area contributed by atoms with Crippen LogP contribution in [0.15, 0.2) is 24.3 Å². The SMILES string of the molecule is Cc1nn(C)c(C)c1NC(=O)CN(C)Cc1ccc(C(C)(C)C)cc1. The second kappa shape index (κ2) is 7.40. The molecule has 136 valence electrons. The molecule has 0 atom stereocenters. The molecule has 0 aliphatic rings. The quantitative estimate of drug-likeness (QED) is 0.906. The Balaban J connectivity index is 1.93. The van der Waals surface area contributed by atoms with Gasteiger partial charge >= 0.3 is 0 Å². The summed E-state index contributed by atoms with van der Waals surface area (Å²) >= 11 is 0. The lowest BCUT2D eigenvalue weighted by atomic mass is 9.87. The number of amides is 1. The first-order valence-electron chi connectivity index (χ1n) is 8.66. The van der Waals surface area contributed by atoms with Gasteiger partial charge in [-0.05, 0) is 37.4 Å². The van der Waals surface area contributed by atoms with Crippen molar-refractivity contribution in [2.45, 2.75) is 46.6 Å². The molecule has 0 unspecified atom stereocenters. The molecule has 0 saturated carbocycles. The Morgan fingerprint density at radius 1 is 1.20 bits per heavy atom. The van der Waals surface area contributed by atoms with E-state index < -0.39 is 0 Å². The fraction of sp³-hybridized carbons (Fsp3) is 0.500. The highest BCUT2D eigenvalue weighted by molar-refractivity contribution is 5.93. The predicted octanol–water partition coefficient (Wildman–Crippen LogP) is 3.40. The summed E-state index contributed by atoms with van der Waals surface area (Å²) in [5.41, 5.74) is 5.30. The fourth-order valence-corrected chi connectivity index (χ4v) is 2.86. The van der Waals surface area contributed by atoms with Gasteiger partial charge in [-0.3, -0.25) is 14.4 Å². The minimum Gasteiger partial charge on any atom is -0.322 e. The van der Waals surface area contributed by atoms with E-state index in [-0.39, 0.29) is 11.3 Å². The average molecular weight is 342 g/mol. The molecule has 1 amide bonds. The van der Waals surface area contributed by atoms with Crippen LogP contribution in [0.4, 0.5) is 5.69 Å². The normalized spacial score (nSPS) is 11.8. The van der Waals surface area contributed by atoms with Crippen molar-refractivity contribution in [3.8, 4) is 0 Å². The second-order valence-corrected chi connectivity index (χ2v) is 7.84. The van der Waals surface area contributed by atoms with Crippen molar-refractivity contribution in [1.29, 1.82) is 0 Å². The molecule has 0 aliphatic heterocycles. The molecule has 2 aromatic rings. The number of aryl methyl sites for hydroxylation is 2. The number of carbonyl (C=O) groups is 1. The summed E-state index contributed by atoms with van der Waals surface area (Å²) < 4.78 is 1.78. The van der Waals surface area contributed by atoms with Crippen molar-refractivity contribution >= 4 is 11.6 Å². The molecule has 5 nitrogen and oxygen atoms in total. The molecule has 0 aliphatic carbocycles. The number of hydrogen-bond acceptors (Lipinski definition) is 3. The molecule has 1 aromatic heterocycles. The standard InChI is InChI=1S/C20H30N4O/c1-14-19(15(2)24(7)22-14)21-18(25)13-23(6)12-16-8-10-17(11-9-16)20(3,4)5/h8-11H,12-13H2,1-7H3,(H,21,25). The van der Waals surface area contributed by atoms with Crippen LogP contribution in [0.5, 0.6) is 0 Å². The van der Waals surface area contributed by atoms with E-state index >= 15 is 0 Å². The van der Waals surface area contributed by atoms with E-state index in [4.69, 9.17) is 0 Å². The molecule has 2 rings (SSSR count). The van der Waals surface area contributed by atoms with Crippen LogP contribution < -0.4 is 5.32 Å². The number of aromatic nitrogens is 2. The minimum absolute atomic E-state index is 0.0204. The summed E-state index contributed by atoms with van der Waals surface area (Å²) in [5.74, 6) is -0.0204. The summed E-state index contributed by atoms with van der Waals surface area (Å²) in [6.07, 6.45) is 0. The van der Waals surface area contributed by atoms with E-state index in [2.05, 4.69) is 55.5 Å². The largest absolute Gasteiger partial charge is 0.322 e. The number of anilines is 1. The van der Waals surface area contributed by atoms with E-state index in [0.29, 0.717) is 6.54 Å². The van der Waals surface area contributed by atoms with Crippen molar-refractivity contribution in [2.24, 2.45) is 7.05 Å². The van der Waals surface area contributed by atoms with Gasteiger partial charge in [0.2, 0.25) is 5.91 Å². The molecular formula is C20H30N4O. The lowest BCUT2D eigenvalue weighted by Crippen LogP contribution is -2.30. The van der Waals surface area contributed by atoms with Gasteiger partial charge in [0.05, 0.1) is 23.6 Å². The minimum atomic E-state index is -0.0204. The zero-order valence-electron chi connectivity index (χ0n) is 16.5. The Hall–Kier alpha value is -2.14. The molecule has 1 aromatic carbocycles. The Kier molecular flexibility index (Phi) is 5.68. The first-order chi connectivity index (χ1) is 11.6. The summed E-state index contributed by atoms with van der Waals surface area (Å²) in [4.78, 5) is 14.3. The van der Waals surface area contributed by atoms with Gasteiger partial charge in [0.15, 0.2) is 0 Å². The molecule has 0 fully saturated rings. The van der Waals surface area contributed by atoms with Crippen LogP contribution in [0.2, 0.25) is 0 Å². The maximum absolute atomic E-state index is 12.3. The van der Waals surface area contributed by atoms with Crippen molar-refractivity contribution in [3.05, 3.63) is 46.8 Å². The van der Waals surface area contributed by atoms with Gasteiger partial charge < -0.3 is 5.32 Å². The van der Waals surface area contributed by atoms with Gasteiger partial charge in [0, 0.05) is 13.6 Å². The zero-order chi connectivity index (χ0) is 18.8. The molecule has 0 saturated heterocycles. The van der Waals surface area contributed by atoms with Crippen LogP contribution in [-0.4, -0.2) is 34.2 Å². The van der Waals surface area contributed by atoms with Crippen LogP contribution >= 0.6 is 0 Å². The molecular weight excluding hydrogens is 312 g/mol. The van der Waals surface area contributed by atoms with Crippen LogP contribution in [0.25, 0.3) is 0 Å². The third-order valence-electron chi connectivity index (χ3n) is 4.46. The second-order valence-electron chi connectivity index (χ2n) is 7.84. The number of rotatable bonds is 5. The predicted molar refractivity (Wildman–Crippen MR) is 103 cm³/mol. The lowest BCUT2D eigenvalue weighted by Gasteiger charge is -2.20. The topological polar surface area (TPSA) is 50.2 Å². The Morgan fingerprint density at radius 3 is 2.28 bits per heavy atom. The lowest BCUT2D eigenvalue weighted by molar-refractivity contribution is -0.117. The number of nitrogens with one attached hydrogen (secondary N) is 1. The Morgan fingerprint density at radius 2 is 1.80 bits per heavy atom. The molecule has 1 N–H and O–H groups in total. The highest BCUT2D eigenvalue weighted by Gasteiger charge is 2.15. The van der Waals surface area contributed by atoms with E-state index in [0.717, 1.165) is 23.6 Å².